The Kier molecular flexibility index (Phi) is 5.04. The second-order valence-electron chi connectivity index (χ2n) is 5.41. The molecule has 1 atom stereocenters. The maximum absolute atomic E-state index is 12.6. The third-order valence-electron chi connectivity index (χ3n) is 3.70. The minimum Gasteiger partial charge on any atom is -0.478 e. The number of H-pyrrole nitrogens is 1. The third kappa shape index (κ3) is 3.83. The van der Waals surface area contributed by atoms with Gasteiger partial charge in [-0.25, -0.2) is 9.78 Å². The van der Waals surface area contributed by atoms with E-state index in [9.17, 15) is 14.7 Å². The number of aromatic nitrogens is 2. The number of hydrogen-bond acceptors (Lipinski definition) is 4. The molecule has 0 saturated carbocycles. The summed E-state index contributed by atoms with van der Waals surface area (Å²) in [6, 6.07) is 14.0. The Hall–Kier alpha value is -2.80. The Labute approximate surface area is 148 Å². The first-order valence-electron chi connectivity index (χ1n) is 7.83. The highest BCUT2D eigenvalue weighted by molar-refractivity contribution is 8.00. The van der Waals surface area contributed by atoms with Crippen molar-refractivity contribution in [3.05, 3.63) is 54.1 Å². The summed E-state index contributed by atoms with van der Waals surface area (Å²) in [6.45, 7) is 1.91. The van der Waals surface area contributed by atoms with E-state index in [1.807, 2.05) is 31.2 Å². The van der Waals surface area contributed by atoms with Crippen molar-refractivity contribution in [3.8, 4) is 0 Å². The first-order chi connectivity index (χ1) is 12.1. The fraction of sp³-hybridized carbons (Fsp3) is 0.167. The molecular formula is C18H17N3O3S. The van der Waals surface area contributed by atoms with Crippen LogP contribution < -0.4 is 5.32 Å². The van der Waals surface area contributed by atoms with Crippen LogP contribution in [0.1, 0.15) is 23.7 Å². The highest BCUT2D eigenvalue weighted by Gasteiger charge is 2.21. The number of carboxylic acid groups (broad SMARTS) is 1. The SMILES string of the molecule is CCC(Sc1nc2ccccc2[nH]1)C(=O)Nc1ccccc1C(=O)O. The zero-order chi connectivity index (χ0) is 17.8. The first-order valence-corrected chi connectivity index (χ1v) is 8.71. The van der Waals surface area contributed by atoms with Crippen molar-refractivity contribution >= 4 is 40.4 Å². The number of fused-ring (bicyclic) bond motifs is 1. The molecule has 1 heterocycles. The number of benzene rings is 2. The van der Waals surface area contributed by atoms with Crippen LogP contribution >= 0.6 is 11.8 Å². The van der Waals surface area contributed by atoms with Crippen molar-refractivity contribution in [2.24, 2.45) is 0 Å². The van der Waals surface area contributed by atoms with Crippen LogP contribution in [0.25, 0.3) is 11.0 Å². The van der Waals surface area contributed by atoms with Gasteiger partial charge in [0.25, 0.3) is 0 Å². The van der Waals surface area contributed by atoms with Crippen molar-refractivity contribution in [2.45, 2.75) is 23.8 Å². The number of thioether (sulfide) groups is 1. The average molecular weight is 355 g/mol. The molecule has 3 aromatic rings. The Balaban J connectivity index is 1.76. The molecule has 1 aromatic heterocycles. The molecule has 2 aromatic carbocycles. The van der Waals surface area contributed by atoms with Crippen LogP contribution in [0, 0.1) is 0 Å². The zero-order valence-corrected chi connectivity index (χ0v) is 14.3. The predicted octanol–water partition coefficient (Wildman–Crippen LogP) is 3.77. The van der Waals surface area contributed by atoms with Gasteiger partial charge in [0.15, 0.2) is 5.16 Å². The van der Waals surface area contributed by atoms with Crippen LogP contribution in [0.2, 0.25) is 0 Å². The van der Waals surface area contributed by atoms with E-state index < -0.39 is 5.97 Å². The Morgan fingerprint density at radius 1 is 1.20 bits per heavy atom. The third-order valence-corrected chi connectivity index (χ3v) is 4.95. The van der Waals surface area contributed by atoms with Gasteiger partial charge in [0.1, 0.15) is 0 Å². The van der Waals surface area contributed by atoms with Crippen LogP contribution in [0.5, 0.6) is 0 Å². The zero-order valence-electron chi connectivity index (χ0n) is 13.5. The summed E-state index contributed by atoms with van der Waals surface area (Å²) in [6.07, 6.45) is 0.586. The average Bonchev–Trinajstić information content (AvgIpc) is 3.02. The minimum absolute atomic E-state index is 0.0689. The summed E-state index contributed by atoms with van der Waals surface area (Å²) in [5.74, 6) is -1.32. The second-order valence-corrected chi connectivity index (χ2v) is 6.61. The van der Waals surface area contributed by atoms with E-state index in [1.54, 1.807) is 18.2 Å². The molecule has 3 N–H and O–H groups in total. The van der Waals surface area contributed by atoms with Gasteiger partial charge in [-0.15, -0.1) is 0 Å². The fourth-order valence-electron chi connectivity index (χ4n) is 2.43. The summed E-state index contributed by atoms with van der Waals surface area (Å²) in [4.78, 5) is 31.5. The van der Waals surface area contributed by atoms with E-state index in [0.29, 0.717) is 17.3 Å². The van der Waals surface area contributed by atoms with Crippen molar-refractivity contribution in [1.29, 1.82) is 0 Å². The fourth-order valence-corrected chi connectivity index (χ4v) is 3.36. The lowest BCUT2D eigenvalue weighted by molar-refractivity contribution is -0.115. The smallest absolute Gasteiger partial charge is 0.337 e. The molecule has 0 saturated heterocycles. The number of para-hydroxylation sites is 3. The summed E-state index contributed by atoms with van der Waals surface area (Å²) in [7, 11) is 0. The lowest BCUT2D eigenvalue weighted by Gasteiger charge is -2.14. The van der Waals surface area contributed by atoms with Crippen molar-refractivity contribution in [3.63, 3.8) is 0 Å². The number of carbonyl (C=O) groups excluding carboxylic acids is 1. The van der Waals surface area contributed by atoms with Crippen LogP contribution in [0.15, 0.2) is 53.7 Å². The molecule has 1 unspecified atom stereocenters. The maximum atomic E-state index is 12.6. The van der Waals surface area contributed by atoms with Gasteiger partial charge in [-0.1, -0.05) is 43.0 Å². The lowest BCUT2D eigenvalue weighted by atomic mass is 10.1. The predicted molar refractivity (Wildman–Crippen MR) is 98.1 cm³/mol. The van der Waals surface area contributed by atoms with E-state index in [0.717, 1.165) is 11.0 Å². The number of nitrogens with zero attached hydrogens (tertiary/aromatic N) is 1. The number of carbonyl (C=O) groups is 2. The molecule has 7 heteroatoms. The topological polar surface area (TPSA) is 95.1 Å². The van der Waals surface area contributed by atoms with Crippen molar-refractivity contribution in [2.75, 3.05) is 5.32 Å². The number of aromatic carboxylic acids is 1. The molecular weight excluding hydrogens is 338 g/mol. The van der Waals surface area contributed by atoms with Crippen molar-refractivity contribution < 1.29 is 14.7 Å². The number of amides is 1. The van der Waals surface area contributed by atoms with Gasteiger partial charge in [0, 0.05) is 0 Å². The normalized spacial score (nSPS) is 12.0. The van der Waals surface area contributed by atoms with E-state index in [4.69, 9.17) is 0 Å². The summed E-state index contributed by atoms with van der Waals surface area (Å²) >= 11 is 1.33. The van der Waals surface area contributed by atoms with E-state index >= 15 is 0 Å². The number of hydrogen-bond donors (Lipinski definition) is 3. The van der Waals surface area contributed by atoms with Crippen LogP contribution in [0.4, 0.5) is 5.69 Å². The number of nitrogens with one attached hydrogen (secondary N) is 2. The molecule has 3 rings (SSSR count). The van der Waals surface area contributed by atoms with Crippen LogP contribution in [-0.2, 0) is 4.79 Å². The number of aromatic amines is 1. The number of imidazole rings is 1. The molecule has 1 amide bonds. The molecule has 0 aliphatic heterocycles. The molecule has 0 spiro atoms. The van der Waals surface area contributed by atoms with E-state index in [2.05, 4.69) is 15.3 Å². The van der Waals surface area contributed by atoms with Crippen molar-refractivity contribution in [1.82, 2.24) is 9.97 Å². The van der Waals surface area contributed by atoms with Gasteiger partial charge < -0.3 is 15.4 Å². The van der Waals surface area contributed by atoms with Gasteiger partial charge in [-0.2, -0.15) is 0 Å². The Bertz CT molecular complexity index is 890. The summed E-state index contributed by atoms with van der Waals surface area (Å²) < 4.78 is 0. The molecule has 0 aliphatic carbocycles. The second kappa shape index (κ2) is 7.40. The van der Waals surface area contributed by atoms with Gasteiger partial charge in [0.2, 0.25) is 5.91 Å². The van der Waals surface area contributed by atoms with Crippen LogP contribution in [-0.4, -0.2) is 32.2 Å². The van der Waals surface area contributed by atoms with Gasteiger partial charge in [-0.3, -0.25) is 4.79 Å². The molecule has 0 radical (unpaired) electrons. The standard InChI is InChI=1S/C18H17N3O3S/c1-2-15(25-18-20-13-9-5-6-10-14(13)21-18)16(22)19-12-8-4-3-7-11(12)17(23)24/h3-10,15H,2H2,1H3,(H,19,22)(H,20,21)(H,23,24). The number of carboxylic acids is 1. The van der Waals surface area contributed by atoms with Gasteiger partial charge in [-0.05, 0) is 30.7 Å². The van der Waals surface area contributed by atoms with Gasteiger partial charge >= 0.3 is 5.97 Å². The summed E-state index contributed by atoms with van der Waals surface area (Å²) in [5.41, 5.74) is 2.12. The monoisotopic (exact) mass is 355 g/mol. The summed E-state index contributed by atoms with van der Waals surface area (Å²) in [5, 5.41) is 12.2. The highest BCUT2D eigenvalue weighted by Crippen LogP contribution is 2.27. The van der Waals surface area contributed by atoms with E-state index in [1.165, 1.54) is 17.8 Å². The number of rotatable bonds is 6. The molecule has 128 valence electrons. The number of anilines is 1. The lowest BCUT2D eigenvalue weighted by Crippen LogP contribution is -2.25. The van der Waals surface area contributed by atoms with Crippen LogP contribution in [0.3, 0.4) is 0 Å². The van der Waals surface area contributed by atoms with E-state index in [-0.39, 0.29) is 16.7 Å². The molecule has 0 fully saturated rings. The molecule has 0 bridgehead atoms. The minimum atomic E-state index is -1.08. The molecule has 25 heavy (non-hydrogen) atoms. The van der Waals surface area contributed by atoms with Gasteiger partial charge in [0.05, 0.1) is 27.5 Å². The quantitative estimate of drug-likeness (QED) is 0.585. The molecule has 6 nitrogen and oxygen atoms in total. The Morgan fingerprint density at radius 3 is 2.64 bits per heavy atom. The molecule has 0 aliphatic rings. The largest absolute Gasteiger partial charge is 0.478 e. The first kappa shape index (κ1) is 17.0. The highest BCUT2D eigenvalue weighted by atomic mass is 32.2. The Morgan fingerprint density at radius 2 is 1.92 bits per heavy atom. The maximum Gasteiger partial charge on any atom is 0.337 e.